The molecule has 1 spiro atoms. The van der Waals surface area contributed by atoms with E-state index in [1.165, 1.54) is 37.7 Å². The van der Waals surface area contributed by atoms with Crippen molar-refractivity contribution in [2.24, 2.45) is 28.6 Å². The molecule has 4 aliphatic rings. The number of hydrogen-bond donors (Lipinski definition) is 1. The molecule has 1 N–H and O–H groups in total. The van der Waals surface area contributed by atoms with Crippen molar-refractivity contribution in [3.63, 3.8) is 0 Å². The monoisotopic (exact) mass is 220 g/mol. The van der Waals surface area contributed by atoms with Crippen molar-refractivity contribution in [3.8, 4) is 0 Å². The fourth-order valence-electron chi connectivity index (χ4n) is 5.45. The van der Waals surface area contributed by atoms with E-state index in [2.05, 4.69) is 20.4 Å². The SMILES string of the molecule is C=C1CCC2CC3(C(CO)CCC13)C2(C)C. The van der Waals surface area contributed by atoms with Gasteiger partial charge in [-0.25, -0.2) is 0 Å². The first-order chi connectivity index (χ1) is 7.54. The highest BCUT2D eigenvalue weighted by Gasteiger charge is 2.68. The third kappa shape index (κ3) is 0.971. The van der Waals surface area contributed by atoms with Crippen LogP contribution in [0.25, 0.3) is 0 Å². The summed E-state index contributed by atoms with van der Waals surface area (Å²) in [6, 6.07) is 0. The summed E-state index contributed by atoms with van der Waals surface area (Å²) in [5.74, 6) is 2.12. The van der Waals surface area contributed by atoms with Gasteiger partial charge in [0.25, 0.3) is 0 Å². The zero-order valence-corrected chi connectivity index (χ0v) is 10.6. The molecule has 4 saturated carbocycles. The largest absolute Gasteiger partial charge is 0.396 e. The molecule has 0 aliphatic heterocycles. The second-order valence-corrected chi connectivity index (χ2v) is 6.87. The standard InChI is InChI=1S/C15H24O/c1-10-4-5-11-8-15(14(11,2)3)12(9-16)6-7-13(10)15/h11-13,16H,1,4-9H2,2-3H3. The molecule has 4 aliphatic carbocycles. The normalized spacial score (nSPS) is 49.4. The van der Waals surface area contributed by atoms with Crippen molar-refractivity contribution < 1.29 is 5.11 Å². The number of fused-ring (bicyclic) bond motifs is 2. The molecule has 0 saturated heterocycles. The van der Waals surface area contributed by atoms with Crippen LogP contribution in [0.5, 0.6) is 0 Å². The molecule has 4 fully saturated rings. The van der Waals surface area contributed by atoms with Crippen molar-refractivity contribution in [3.05, 3.63) is 12.2 Å². The van der Waals surface area contributed by atoms with Crippen molar-refractivity contribution >= 4 is 0 Å². The highest BCUT2D eigenvalue weighted by Crippen LogP contribution is 2.75. The van der Waals surface area contributed by atoms with Crippen LogP contribution in [0, 0.1) is 28.6 Å². The quantitative estimate of drug-likeness (QED) is 0.672. The molecular weight excluding hydrogens is 196 g/mol. The van der Waals surface area contributed by atoms with E-state index in [9.17, 15) is 5.11 Å². The Kier molecular flexibility index (Phi) is 2.12. The van der Waals surface area contributed by atoms with Crippen LogP contribution in [0.4, 0.5) is 0 Å². The van der Waals surface area contributed by atoms with Crippen LogP contribution in [-0.2, 0) is 0 Å². The van der Waals surface area contributed by atoms with E-state index in [4.69, 9.17) is 0 Å². The van der Waals surface area contributed by atoms with Crippen molar-refractivity contribution in [1.82, 2.24) is 0 Å². The number of rotatable bonds is 1. The maximum absolute atomic E-state index is 9.68. The first-order valence-corrected chi connectivity index (χ1v) is 6.82. The number of allylic oxidation sites excluding steroid dienone is 1. The third-order valence-electron chi connectivity index (χ3n) is 6.49. The molecule has 4 atom stereocenters. The maximum Gasteiger partial charge on any atom is 0.0465 e. The van der Waals surface area contributed by atoms with Crippen molar-refractivity contribution in [2.75, 3.05) is 6.61 Å². The number of hydrogen-bond acceptors (Lipinski definition) is 1. The minimum Gasteiger partial charge on any atom is -0.396 e. The summed E-state index contributed by atoms with van der Waals surface area (Å²) in [6.45, 7) is 9.62. The second kappa shape index (κ2) is 3.13. The lowest BCUT2D eigenvalue weighted by Gasteiger charge is -2.64. The fourth-order valence-corrected chi connectivity index (χ4v) is 5.45. The predicted molar refractivity (Wildman–Crippen MR) is 66.0 cm³/mol. The first-order valence-electron chi connectivity index (χ1n) is 6.82. The van der Waals surface area contributed by atoms with E-state index in [0.717, 1.165) is 5.92 Å². The molecule has 1 heteroatoms. The summed E-state index contributed by atoms with van der Waals surface area (Å²) in [7, 11) is 0. The minimum absolute atomic E-state index is 0.389. The summed E-state index contributed by atoms with van der Waals surface area (Å²) >= 11 is 0. The van der Waals surface area contributed by atoms with Gasteiger partial charge in [0.05, 0.1) is 0 Å². The fraction of sp³-hybridized carbons (Fsp3) is 0.867. The van der Waals surface area contributed by atoms with Gasteiger partial charge in [-0.05, 0) is 60.7 Å². The maximum atomic E-state index is 9.68. The zero-order chi connectivity index (χ0) is 11.6. The van der Waals surface area contributed by atoms with Crippen molar-refractivity contribution in [1.29, 1.82) is 0 Å². The first kappa shape index (κ1) is 10.8. The van der Waals surface area contributed by atoms with Gasteiger partial charge in [-0.2, -0.15) is 0 Å². The lowest BCUT2D eigenvalue weighted by molar-refractivity contribution is -0.167. The Labute approximate surface area is 98.9 Å². The van der Waals surface area contributed by atoms with Gasteiger partial charge in [-0.15, -0.1) is 0 Å². The highest BCUT2D eigenvalue weighted by atomic mass is 16.3. The molecule has 0 aromatic carbocycles. The lowest BCUT2D eigenvalue weighted by atomic mass is 9.40. The Balaban J connectivity index is 2.06. The Morgan fingerprint density at radius 2 is 2.06 bits per heavy atom. The molecule has 1 nitrogen and oxygen atoms in total. The molecular formula is C15H24O. The van der Waals surface area contributed by atoms with Gasteiger partial charge in [0, 0.05) is 6.61 Å². The van der Waals surface area contributed by atoms with E-state index in [1.807, 2.05) is 0 Å². The highest BCUT2D eigenvalue weighted by molar-refractivity contribution is 5.25. The van der Waals surface area contributed by atoms with E-state index in [1.54, 1.807) is 0 Å². The smallest absolute Gasteiger partial charge is 0.0465 e. The van der Waals surface area contributed by atoms with Crippen LogP contribution < -0.4 is 0 Å². The van der Waals surface area contributed by atoms with Crippen molar-refractivity contribution in [2.45, 2.75) is 46.0 Å². The van der Waals surface area contributed by atoms with Crippen LogP contribution >= 0.6 is 0 Å². The Hall–Kier alpha value is -0.300. The van der Waals surface area contributed by atoms with Crippen LogP contribution in [0.2, 0.25) is 0 Å². The summed E-state index contributed by atoms with van der Waals surface area (Å²) in [5, 5.41) is 9.68. The summed E-state index contributed by atoms with van der Waals surface area (Å²) in [5.41, 5.74) is 2.32. The zero-order valence-electron chi connectivity index (χ0n) is 10.6. The predicted octanol–water partition coefficient (Wildman–Crippen LogP) is 3.39. The summed E-state index contributed by atoms with van der Waals surface area (Å²) < 4.78 is 0. The van der Waals surface area contributed by atoms with Crippen LogP contribution in [0.1, 0.15) is 46.0 Å². The van der Waals surface area contributed by atoms with Crippen LogP contribution in [0.15, 0.2) is 12.2 Å². The van der Waals surface area contributed by atoms with Gasteiger partial charge in [0.2, 0.25) is 0 Å². The molecule has 90 valence electrons. The molecule has 0 radical (unpaired) electrons. The van der Waals surface area contributed by atoms with Crippen LogP contribution in [0.3, 0.4) is 0 Å². The van der Waals surface area contributed by atoms with Gasteiger partial charge < -0.3 is 5.11 Å². The molecule has 4 rings (SSSR count). The topological polar surface area (TPSA) is 20.2 Å². The third-order valence-corrected chi connectivity index (χ3v) is 6.49. The van der Waals surface area contributed by atoms with Gasteiger partial charge >= 0.3 is 0 Å². The molecule has 2 bridgehead atoms. The summed E-state index contributed by atoms with van der Waals surface area (Å²) in [4.78, 5) is 0. The molecule has 16 heavy (non-hydrogen) atoms. The lowest BCUT2D eigenvalue weighted by Crippen LogP contribution is -2.59. The molecule has 0 aromatic heterocycles. The Morgan fingerprint density at radius 3 is 2.69 bits per heavy atom. The number of aliphatic hydroxyl groups is 1. The van der Waals surface area contributed by atoms with Gasteiger partial charge in [-0.1, -0.05) is 26.0 Å². The van der Waals surface area contributed by atoms with Crippen LogP contribution in [-0.4, -0.2) is 11.7 Å². The second-order valence-electron chi connectivity index (χ2n) is 6.87. The van der Waals surface area contributed by atoms with E-state index in [0.29, 0.717) is 29.3 Å². The Morgan fingerprint density at radius 1 is 1.31 bits per heavy atom. The Bertz CT molecular complexity index is 330. The van der Waals surface area contributed by atoms with E-state index in [-0.39, 0.29) is 0 Å². The van der Waals surface area contributed by atoms with Gasteiger partial charge in [0.1, 0.15) is 0 Å². The molecule has 0 aromatic rings. The average molecular weight is 220 g/mol. The average Bonchev–Trinajstić information content (AvgIpc) is 2.55. The summed E-state index contributed by atoms with van der Waals surface area (Å²) in [6.07, 6.45) is 6.42. The van der Waals surface area contributed by atoms with E-state index >= 15 is 0 Å². The molecule has 4 unspecified atom stereocenters. The number of aliphatic hydroxyl groups excluding tert-OH is 1. The van der Waals surface area contributed by atoms with E-state index < -0.39 is 0 Å². The minimum atomic E-state index is 0.389. The molecule has 0 amide bonds. The van der Waals surface area contributed by atoms with Gasteiger partial charge in [0.15, 0.2) is 0 Å². The molecule has 0 heterocycles. The van der Waals surface area contributed by atoms with Gasteiger partial charge in [-0.3, -0.25) is 0 Å².